The Morgan fingerprint density at radius 3 is 2.36 bits per heavy atom. The van der Waals surface area contributed by atoms with Crippen LogP contribution in [0, 0.1) is 0 Å². The molecule has 1 amide bonds. The Labute approximate surface area is 135 Å². The molecule has 1 atom stereocenters. The van der Waals surface area contributed by atoms with Gasteiger partial charge in [-0.25, -0.2) is 4.79 Å². The smallest absolute Gasteiger partial charge is 0.327 e. The minimum atomic E-state index is -1.15. The highest BCUT2D eigenvalue weighted by Crippen LogP contribution is 2.09. The Morgan fingerprint density at radius 2 is 1.86 bits per heavy atom. The number of Topliss-reactive ketones (excluding diaryl/α,β-unsaturated/α-hetero) is 1. The van der Waals surface area contributed by atoms with Crippen LogP contribution in [0.5, 0.6) is 0 Å². The van der Waals surface area contributed by atoms with Gasteiger partial charge in [-0.3, -0.25) is 9.59 Å². The van der Waals surface area contributed by atoms with Crippen LogP contribution in [0.2, 0.25) is 0 Å². The number of carbonyl (C=O) groups is 3. The molecule has 1 rings (SSSR count). The number of ketones is 1. The zero-order chi connectivity index (χ0) is 16.5. The summed E-state index contributed by atoms with van der Waals surface area (Å²) in [4.78, 5) is 36.7. The molecule has 0 bridgehead atoms. The SMILES string of the molecule is CCCC(=O)N(CC(=O)Cc1ccccc1)[C@H](CS)C(=O)O. The molecule has 1 aromatic carbocycles. The summed E-state index contributed by atoms with van der Waals surface area (Å²) in [6.07, 6.45) is 0.993. The van der Waals surface area contributed by atoms with Gasteiger partial charge in [-0.05, 0) is 12.0 Å². The Balaban J connectivity index is 2.81. The van der Waals surface area contributed by atoms with Crippen molar-refractivity contribution in [3.63, 3.8) is 0 Å². The van der Waals surface area contributed by atoms with E-state index in [1.807, 2.05) is 37.3 Å². The fourth-order valence-corrected chi connectivity index (χ4v) is 2.46. The number of hydrogen-bond donors (Lipinski definition) is 2. The van der Waals surface area contributed by atoms with Crippen molar-refractivity contribution >= 4 is 30.3 Å². The second-order valence-corrected chi connectivity index (χ2v) is 5.37. The second kappa shape index (κ2) is 9.25. The van der Waals surface area contributed by atoms with Crippen molar-refractivity contribution in [1.29, 1.82) is 0 Å². The van der Waals surface area contributed by atoms with Crippen molar-refractivity contribution in [1.82, 2.24) is 4.90 Å². The predicted molar refractivity (Wildman–Crippen MR) is 87.1 cm³/mol. The molecule has 6 heteroatoms. The molecular weight excluding hydrogens is 302 g/mol. The van der Waals surface area contributed by atoms with Crippen LogP contribution in [0.25, 0.3) is 0 Å². The van der Waals surface area contributed by atoms with Crippen LogP contribution in [-0.4, -0.2) is 46.0 Å². The van der Waals surface area contributed by atoms with E-state index in [1.54, 1.807) is 0 Å². The van der Waals surface area contributed by atoms with Crippen LogP contribution in [0.15, 0.2) is 30.3 Å². The number of carboxylic acids is 1. The fraction of sp³-hybridized carbons (Fsp3) is 0.438. The van der Waals surface area contributed by atoms with Crippen LogP contribution < -0.4 is 0 Å². The van der Waals surface area contributed by atoms with Crippen LogP contribution >= 0.6 is 12.6 Å². The highest BCUT2D eigenvalue weighted by atomic mass is 32.1. The first-order chi connectivity index (χ1) is 10.5. The summed E-state index contributed by atoms with van der Waals surface area (Å²) in [6.45, 7) is 1.63. The molecule has 0 spiro atoms. The number of nitrogens with zero attached hydrogens (tertiary/aromatic N) is 1. The summed E-state index contributed by atoms with van der Waals surface area (Å²) >= 11 is 3.99. The molecule has 0 unspecified atom stereocenters. The number of rotatable bonds is 9. The molecule has 22 heavy (non-hydrogen) atoms. The topological polar surface area (TPSA) is 74.7 Å². The van der Waals surface area contributed by atoms with E-state index in [0.717, 1.165) is 10.5 Å². The van der Waals surface area contributed by atoms with Gasteiger partial charge < -0.3 is 10.0 Å². The Morgan fingerprint density at radius 1 is 1.23 bits per heavy atom. The number of aliphatic carboxylic acids is 1. The third-order valence-corrected chi connectivity index (χ3v) is 3.56. The molecule has 0 heterocycles. The van der Waals surface area contributed by atoms with Gasteiger partial charge in [0.15, 0.2) is 5.78 Å². The summed E-state index contributed by atoms with van der Waals surface area (Å²) in [5.41, 5.74) is 0.841. The maximum atomic E-state index is 12.2. The van der Waals surface area contributed by atoms with Gasteiger partial charge in [-0.15, -0.1) is 0 Å². The van der Waals surface area contributed by atoms with Gasteiger partial charge in [0.2, 0.25) is 5.91 Å². The second-order valence-electron chi connectivity index (χ2n) is 5.01. The van der Waals surface area contributed by atoms with Crippen molar-refractivity contribution in [2.75, 3.05) is 12.3 Å². The molecule has 1 N–H and O–H groups in total. The van der Waals surface area contributed by atoms with Gasteiger partial charge in [0.1, 0.15) is 6.04 Å². The third kappa shape index (κ3) is 5.52. The molecule has 5 nitrogen and oxygen atoms in total. The van der Waals surface area contributed by atoms with Gasteiger partial charge in [-0.1, -0.05) is 37.3 Å². The largest absolute Gasteiger partial charge is 0.480 e. The average molecular weight is 323 g/mol. The van der Waals surface area contributed by atoms with Crippen LogP contribution in [0.4, 0.5) is 0 Å². The predicted octanol–water partition coefficient (Wildman–Crippen LogP) is 1.81. The average Bonchev–Trinajstić information content (AvgIpc) is 2.47. The van der Waals surface area contributed by atoms with Gasteiger partial charge in [0.05, 0.1) is 6.54 Å². The fourth-order valence-electron chi connectivity index (χ4n) is 2.11. The van der Waals surface area contributed by atoms with Crippen molar-refractivity contribution in [3.8, 4) is 0 Å². The number of thiol groups is 1. The summed E-state index contributed by atoms with van der Waals surface area (Å²) < 4.78 is 0. The molecule has 0 saturated carbocycles. The zero-order valence-electron chi connectivity index (χ0n) is 12.6. The van der Waals surface area contributed by atoms with E-state index in [-0.39, 0.29) is 36.8 Å². The number of benzene rings is 1. The Bertz CT molecular complexity index is 518. The molecular formula is C16H21NO4S. The minimum absolute atomic E-state index is 0.0244. The summed E-state index contributed by atoms with van der Waals surface area (Å²) in [5, 5.41) is 9.21. The lowest BCUT2D eigenvalue weighted by atomic mass is 10.1. The molecule has 0 aliphatic rings. The maximum absolute atomic E-state index is 12.2. The molecule has 0 radical (unpaired) electrons. The quantitative estimate of drug-likeness (QED) is 0.680. The first-order valence-corrected chi connectivity index (χ1v) is 7.81. The number of hydrogen-bond acceptors (Lipinski definition) is 4. The summed E-state index contributed by atoms with van der Waals surface area (Å²) in [5.74, 6) is -1.69. The maximum Gasteiger partial charge on any atom is 0.327 e. The van der Waals surface area contributed by atoms with Crippen molar-refractivity contribution in [3.05, 3.63) is 35.9 Å². The van der Waals surface area contributed by atoms with Crippen LogP contribution in [-0.2, 0) is 20.8 Å². The standard InChI is InChI=1S/C16H21NO4S/c1-2-6-15(19)17(14(11-22)16(20)21)10-13(18)9-12-7-4-3-5-8-12/h3-5,7-8,14,22H,2,6,9-11H2,1H3,(H,20,21)/t14-/m1/s1. The first kappa shape index (κ1) is 18.2. The molecule has 0 saturated heterocycles. The number of amides is 1. The Kier molecular flexibility index (Phi) is 7.66. The van der Waals surface area contributed by atoms with Crippen molar-refractivity contribution in [2.45, 2.75) is 32.2 Å². The van der Waals surface area contributed by atoms with Gasteiger partial charge >= 0.3 is 5.97 Å². The summed E-state index contributed by atoms with van der Waals surface area (Å²) in [6, 6.07) is 8.08. The molecule has 120 valence electrons. The molecule has 0 fully saturated rings. The third-order valence-electron chi connectivity index (χ3n) is 3.21. The Hall–Kier alpha value is -1.82. The normalized spacial score (nSPS) is 11.7. The van der Waals surface area contributed by atoms with E-state index in [9.17, 15) is 19.5 Å². The van der Waals surface area contributed by atoms with Crippen LogP contribution in [0.1, 0.15) is 25.3 Å². The van der Waals surface area contributed by atoms with Gasteiger partial charge in [0.25, 0.3) is 0 Å². The van der Waals surface area contributed by atoms with Gasteiger partial charge in [-0.2, -0.15) is 12.6 Å². The zero-order valence-corrected chi connectivity index (χ0v) is 13.5. The van der Waals surface area contributed by atoms with Crippen molar-refractivity contribution < 1.29 is 19.5 Å². The monoisotopic (exact) mass is 323 g/mol. The van der Waals surface area contributed by atoms with Crippen molar-refractivity contribution in [2.24, 2.45) is 0 Å². The summed E-state index contributed by atoms with van der Waals surface area (Å²) in [7, 11) is 0. The van der Waals surface area contributed by atoms with E-state index in [1.165, 1.54) is 0 Å². The number of carbonyl (C=O) groups excluding carboxylic acids is 2. The first-order valence-electron chi connectivity index (χ1n) is 7.18. The minimum Gasteiger partial charge on any atom is -0.480 e. The lowest BCUT2D eigenvalue weighted by molar-refractivity contribution is -0.150. The van der Waals surface area contributed by atoms with E-state index >= 15 is 0 Å². The van der Waals surface area contributed by atoms with E-state index in [0.29, 0.717) is 6.42 Å². The number of carboxylic acid groups (broad SMARTS) is 1. The lowest BCUT2D eigenvalue weighted by Gasteiger charge is -2.27. The highest BCUT2D eigenvalue weighted by Gasteiger charge is 2.29. The molecule has 0 aliphatic carbocycles. The molecule has 0 aliphatic heterocycles. The van der Waals surface area contributed by atoms with Crippen LogP contribution in [0.3, 0.4) is 0 Å². The van der Waals surface area contributed by atoms with E-state index in [4.69, 9.17) is 0 Å². The highest BCUT2D eigenvalue weighted by molar-refractivity contribution is 7.80. The molecule has 1 aromatic rings. The van der Waals surface area contributed by atoms with E-state index < -0.39 is 12.0 Å². The van der Waals surface area contributed by atoms with Gasteiger partial charge in [0, 0.05) is 18.6 Å². The van der Waals surface area contributed by atoms with E-state index in [2.05, 4.69) is 12.6 Å². The lowest BCUT2D eigenvalue weighted by Crippen LogP contribution is -2.48. The molecule has 0 aromatic heterocycles.